The van der Waals surface area contributed by atoms with E-state index in [0.717, 1.165) is 29.8 Å². The van der Waals surface area contributed by atoms with Gasteiger partial charge < -0.3 is 19.3 Å². The molecule has 200 valence electrons. The lowest BCUT2D eigenvalue weighted by Crippen LogP contribution is -2.57. The Labute approximate surface area is 228 Å². The third-order valence-electron chi connectivity index (χ3n) is 7.47. The number of hydrogen-bond acceptors (Lipinski definition) is 6. The summed E-state index contributed by atoms with van der Waals surface area (Å²) < 4.78 is 11.0. The molecule has 8 heteroatoms. The second kappa shape index (κ2) is 12.1. The second-order valence-corrected chi connectivity index (χ2v) is 11.0. The van der Waals surface area contributed by atoms with Crippen molar-refractivity contribution in [3.05, 3.63) is 87.6 Å². The summed E-state index contributed by atoms with van der Waals surface area (Å²) in [7, 11) is 1.67. The van der Waals surface area contributed by atoms with Crippen LogP contribution in [0, 0.1) is 0 Å². The smallest absolute Gasteiger partial charge is 0.248 e. The van der Waals surface area contributed by atoms with Gasteiger partial charge in [-0.1, -0.05) is 42.5 Å². The van der Waals surface area contributed by atoms with Gasteiger partial charge in [0.1, 0.15) is 12.4 Å². The maximum absolute atomic E-state index is 13.5. The van der Waals surface area contributed by atoms with Crippen molar-refractivity contribution in [3.63, 3.8) is 0 Å². The van der Waals surface area contributed by atoms with Gasteiger partial charge in [-0.15, -0.1) is 11.3 Å². The van der Waals surface area contributed by atoms with E-state index in [1.165, 1.54) is 10.4 Å². The predicted octanol–water partition coefficient (Wildman–Crippen LogP) is 3.98. The van der Waals surface area contributed by atoms with E-state index in [-0.39, 0.29) is 30.5 Å². The Morgan fingerprint density at radius 1 is 0.974 bits per heavy atom. The highest BCUT2D eigenvalue weighted by Crippen LogP contribution is 2.38. The molecule has 2 aromatic carbocycles. The number of thiophene rings is 1. The molecule has 2 atom stereocenters. The Morgan fingerprint density at radius 3 is 2.50 bits per heavy atom. The van der Waals surface area contributed by atoms with Gasteiger partial charge in [-0.25, -0.2) is 0 Å². The lowest BCUT2D eigenvalue weighted by molar-refractivity contribution is -0.146. The van der Waals surface area contributed by atoms with E-state index in [9.17, 15) is 9.59 Å². The molecule has 0 bridgehead atoms. The molecule has 5 rings (SSSR count). The third kappa shape index (κ3) is 5.93. The van der Waals surface area contributed by atoms with Crippen molar-refractivity contribution in [1.29, 1.82) is 0 Å². The Bertz CT molecular complexity index is 1230. The van der Waals surface area contributed by atoms with Crippen LogP contribution in [0.15, 0.2) is 66.0 Å². The summed E-state index contributed by atoms with van der Waals surface area (Å²) in [6, 6.07) is 20.2. The van der Waals surface area contributed by atoms with Crippen LogP contribution in [0.2, 0.25) is 0 Å². The van der Waals surface area contributed by atoms with E-state index in [2.05, 4.69) is 28.5 Å². The van der Waals surface area contributed by atoms with Crippen LogP contribution in [0.3, 0.4) is 0 Å². The number of methoxy groups -OCH3 is 1. The number of amides is 2. The van der Waals surface area contributed by atoms with Gasteiger partial charge in [0.2, 0.25) is 11.8 Å². The summed E-state index contributed by atoms with van der Waals surface area (Å²) in [5.74, 6) is 0.909. The van der Waals surface area contributed by atoms with E-state index < -0.39 is 0 Å². The second-order valence-electron chi connectivity index (χ2n) is 9.95. The minimum Gasteiger partial charge on any atom is -0.497 e. The minimum atomic E-state index is -0.0530. The predicted molar refractivity (Wildman–Crippen MR) is 148 cm³/mol. The fourth-order valence-electron chi connectivity index (χ4n) is 5.46. The monoisotopic (exact) mass is 533 g/mol. The molecule has 1 fully saturated rings. The van der Waals surface area contributed by atoms with E-state index in [4.69, 9.17) is 9.47 Å². The molecule has 1 saturated heterocycles. The van der Waals surface area contributed by atoms with Crippen molar-refractivity contribution in [3.8, 4) is 5.75 Å². The largest absolute Gasteiger partial charge is 0.497 e. The van der Waals surface area contributed by atoms with Crippen LogP contribution in [-0.2, 0) is 27.4 Å². The van der Waals surface area contributed by atoms with Crippen molar-refractivity contribution >= 4 is 23.2 Å². The molecule has 3 aromatic rings. The number of ether oxygens (including phenoxy) is 2. The number of carbonyl (C=O) groups excluding carboxylic acids is 2. The van der Waals surface area contributed by atoms with E-state index in [0.29, 0.717) is 32.8 Å². The Hall–Kier alpha value is -3.20. The summed E-state index contributed by atoms with van der Waals surface area (Å²) in [5.41, 5.74) is 3.50. The maximum atomic E-state index is 13.5. The molecule has 0 N–H and O–H groups in total. The fourth-order valence-corrected chi connectivity index (χ4v) is 6.36. The molecular formula is C30H35N3O4S. The van der Waals surface area contributed by atoms with Crippen LogP contribution in [-0.4, -0.2) is 79.0 Å². The zero-order valence-corrected chi connectivity index (χ0v) is 22.9. The molecule has 0 spiro atoms. The average molecular weight is 534 g/mol. The lowest BCUT2D eigenvalue weighted by atomic mass is 9.93. The number of piperazine rings is 1. The van der Waals surface area contributed by atoms with Gasteiger partial charge in [-0.3, -0.25) is 14.5 Å². The van der Waals surface area contributed by atoms with Crippen LogP contribution in [0.25, 0.3) is 0 Å². The van der Waals surface area contributed by atoms with Gasteiger partial charge >= 0.3 is 0 Å². The molecule has 0 aliphatic carbocycles. The van der Waals surface area contributed by atoms with Crippen molar-refractivity contribution in [2.45, 2.75) is 32.0 Å². The average Bonchev–Trinajstić information content (AvgIpc) is 3.42. The molecule has 3 heterocycles. The molecular weight excluding hydrogens is 498 g/mol. The SMILES string of the molecule is COc1ccc([C@@H]2c3ccsc3CCN2CC(=O)N2CCN(C(=O)COCc3ccccc3)[C@@H](C)C2)cc1. The molecule has 1 aromatic heterocycles. The van der Waals surface area contributed by atoms with Crippen molar-refractivity contribution in [2.75, 3.05) is 46.4 Å². The highest BCUT2D eigenvalue weighted by Gasteiger charge is 2.34. The van der Waals surface area contributed by atoms with Gasteiger partial charge in [0, 0.05) is 37.1 Å². The summed E-state index contributed by atoms with van der Waals surface area (Å²) >= 11 is 1.79. The molecule has 7 nitrogen and oxygen atoms in total. The Kier molecular flexibility index (Phi) is 8.42. The standard InChI is InChI=1S/C30H35N3O4S/c1-22-18-31(15-16-33(22)29(35)21-37-20-23-6-4-3-5-7-23)28(34)19-32-14-12-27-26(13-17-38-27)30(32)24-8-10-25(36-2)11-9-24/h3-11,13,17,22,30H,12,14-16,18-21H2,1-2H3/t22-,30+/m0/s1. The Balaban J connectivity index is 1.18. The van der Waals surface area contributed by atoms with E-state index >= 15 is 0 Å². The maximum Gasteiger partial charge on any atom is 0.248 e. The number of benzene rings is 2. The Morgan fingerprint density at radius 2 is 1.76 bits per heavy atom. The van der Waals surface area contributed by atoms with Crippen molar-refractivity contribution < 1.29 is 19.1 Å². The van der Waals surface area contributed by atoms with Crippen LogP contribution in [0.5, 0.6) is 5.75 Å². The highest BCUT2D eigenvalue weighted by molar-refractivity contribution is 7.10. The topological polar surface area (TPSA) is 62.3 Å². The minimum absolute atomic E-state index is 0.0267. The van der Waals surface area contributed by atoms with Crippen LogP contribution in [0.1, 0.15) is 34.5 Å². The molecule has 38 heavy (non-hydrogen) atoms. The fraction of sp³-hybridized carbons (Fsp3) is 0.400. The molecule has 0 saturated carbocycles. The highest BCUT2D eigenvalue weighted by atomic mass is 32.1. The van der Waals surface area contributed by atoms with Gasteiger partial charge in [0.05, 0.1) is 26.3 Å². The van der Waals surface area contributed by atoms with Gasteiger partial charge in [-0.2, -0.15) is 0 Å². The number of fused-ring (bicyclic) bond motifs is 1. The molecule has 0 radical (unpaired) electrons. The third-order valence-corrected chi connectivity index (χ3v) is 8.47. The first-order valence-corrected chi connectivity index (χ1v) is 14.0. The van der Waals surface area contributed by atoms with E-state index in [1.807, 2.05) is 59.2 Å². The van der Waals surface area contributed by atoms with Crippen LogP contribution in [0.4, 0.5) is 0 Å². The zero-order chi connectivity index (χ0) is 26.5. The molecule has 2 amide bonds. The lowest BCUT2D eigenvalue weighted by Gasteiger charge is -2.42. The summed E-state index contributed by atoms with van der Waals surface area (Å²) in [6.45, 7) is 5.26. The summed E-state index contributed by atoms with van der Waals surface area (Å²) in [6.07, 6.45) is 0.953. The molecule has 2 aliphatic rings. The summed E-state index contributed by atoms with van der Waals surface area (Å²) in [4.78, 5) is 33.7. The normalized spacial score (nSPS) is 19.7. The molecule has 2 aliphatic heterocycles. The first-order valence-electron chi connectivity index (χ1n) is 13.2. The first-order chi connectivity index (χ1) is 18.5. The number of hydrogen-bond donors (Lipinski definition) is 0. The van der Waals surface area contributed by atoms with Gasteiger partial charge in [-0.05, 0) is 53.6 Å². The van der Waals surface area contributed by atoms with Crippen LogP contribution >= 0.6 is 11.3 Å². The number of nitrogens with zero attached hydrogens (tertiary/aromatic N) is 3. The molecule has 0 unspecified atom stereocenters. The van der Waals surface area contributed by atoms with Crippen molar-refractivity contribution in [1.82, 2.24) is 14.7 Å². The summed E-state index contributed by atoms with van der Waals surface area (Å²) in [5, 5.41) is 2.15. The van der Waals surface area contributed by atoms with Crippen LogP contribution < -0.4 is 4.74 Å². The quantitative estimate of drug-likeness (QED) is 0.438. The van der Waals surface area contributed by atoms with Gasteiger partial charge in [0.25, 0.3) is 0 Å². The van der Waals surface area contributed by atoms with Crippen molar-refractivity contribution in [2.24, 2.45) is 0 Å². The number of carbonyl (C=O) groups is 2. The zero-order valence-electron chi connectivity index (χ0n) is 22.0. The van der Waals surface area contributed by atoms with E-state index in [1.54, 1.807) is 18.4 Å². The first kappa shape index (κ1) is 26.4. The van der Waals surface area contributed by atoms with Gasteiger partial charge in [0.15, 0.2) is 0 Å². The number of rotatable bonds is 8.